The van der Waals surface area contributed by atoms with Crippen molar-refractivity contribution in [2.75, 3.05) is 11.9 Å². The third-order valence-corrected chi connectivity index (χ3v) is 5.23. The summed E-state index contributed by atoms with van der Waals surface area (Å²) in [5, 5.41) is 2.18. The monoisotopic (exact) mass is 425 g/mol. The molecule has 30 heavy (non-hydrogen) atoms. The molecule has 2 amide bonds. The zero-order chi connectivity index (χ0) is 21.7. The fourth-order valence-corrected chi connectivity index (χ4v) is 3.46. The number of Topliss-reactive ketones (excluding diaryl/α,β-unsaturated/α-hetero) is 1. The van der Waals surface area contributed by atoms with Gasteiger partial charge in [0.15, 0.2) is 17.6 Å². The SMILES string of the molecule is Cc1ccc(C(=O)COC(=O)c2ccc(NC(=O)C[C@H]3SC(N)=NC3=O)cc2)cc1. The van der Waals surface area contributed by atoms with E-state index in [2.05, 4.69) is 10.3 Å². The second-order valence-electron chi connectivity index (χ2n) is 6.59. The summed E-state index contributed by atoms with van der Waals surface area (Å²) < 4.78 is 5.07. The normalized spacial score (nSPS) is 15.4. The van der Waals surface area contributed by atoms with Gasteiger partial charge in [0.2, 0.25) is 5.91 Å². The van der Waals surface area contributed by atoms with Gasteiger partial charge >= 0.3 is 5.97 Å². The van der Waals surface area contributed by atoms with Gasteiger partial charge in [-0.25, -0.2) is 4.79 Å². The molecule has 0 radical (unpaired) electrons. The predicted molar refractivity (Wildman–Crippen MR) is 113 cm³/mol. The van der Waals surface area contributed by atoms with Crippen LogP contribution in [-0.2, 0) is 14.3 Å². The van der Waals surface area contributed by atoms with E-state index >= 15 is 0 Å². The molecule has 0 saturated heterocycles. The summed E-state index contributed by atoms with van der Waals surface area (Å²) in [5.41, 5.74) is 7.66. The maximum absolute atomic E-state index is 12.1. The van der Waals surface area contributed by atoms with Crippen LogP contribution in [0.5, 0.6) is 0 Å². The van der Waals surface area contributed by atoms with Crippen LogP contribution in [0.2, 0.25) is 0 Å². The van der Waals surface area contributed by atoms with Crippen LogP contribution in [0.3, 0.4) is 0 Å². The lowest BCUT2D eigenvalue weighted by Gasteiger charge is -2.09. The van der Waals surface area contributed by atoms with Crippen molar-refractivity contribution in [2.45, 2.75) is 18.6 Å². The Bertz CT molecular complexity index is 1020. The number of nitrogens with two attached hydrogens (primary N) is 1. The number of ketones is 1. The summed E-state index contributed by atoms with van der Waals surface area (Å²) in [6.07, 6.45) is -0.0569. The first kappa shape index (κ1) is 21.3. The summed E-state index contributed by atoms with van der Waals surface area (Å²) in [7, 11) is 0. The average Bonchev–Trinajstić information content (AvgIpc) is 3.03. The highest BCUT2D eigenvalue weighted by atomic mass is 32.2. The summed E-state index contributed by atoms with van der Waals surface area (Å²) in [6.45, 7) is 1.55. The third-order valence-electron chi connectivity index (χ3n) is 4.24. The molecular formula is C21H19N3O5S. The number of benzene rings is 2. The van der Waals surface area contributed by atoms with Crippen LogP contribution in [0, 0.1) is 6.92 Å². The molecule has 9 heteroatoms. The van der Waals surface area contributed by atoms with Crippen molar-refractivity contribution in [3.05, 3.63) is 65.2 Å². The van der Waals surface area contributed by atoms with Gasteiger partial charge in [-0.3, -0.25) is 14.4 Å². The number of carbonyl (C=O) groups is 4. The molecule has 1 atom stereocenters. The molecule has 0 aliphatic carbocycles. The second kappa shape index (κ2) is 9.36. The minimum atomic E-state index is -0.645. The molecule has 1 aliphatic rings. The molecule has 154 valence electrons. The van der Waals surface area contributed by atoms with Crippen molar-refractivity contribution in [2.24, 2.45) is 10.7 Å². The van der Waals surface area contributed by atoms with E-state index in [1.807, 2.05) is 19.1 Å². The molecule has 3 N–H and O–H groups in total. The molecule has 2 aromatic carbocycles. The molecule has 3 rings (SSSR count). The quantitative estimate of drug-likeness (QED) is 0.515. The minimum absolute atomic E-state index is 0.0569. The number of aryl methyl sites for hydroxylation is 1. The number of ether oxygens (including phenoxy) is 1. The van der Waals surface area contributed by atoms with Gasteiger partial charge < -0.3 is 15.8 Å². The van der Waals surface area contributed by atoms with E-state index in [4.69, 9.17) is 10.5 Å². The van der Waals surface area contributed by atoms with Gasteiger partial charge in [-0.05, 0) is 31.2 Å². The highest BCUT2D eigenvalue weighted by molar-refractivity contribution is 8.15. The Labute approximate surface area is 176 Å². The Kier molecular flexibility index (Phi) is 6.63. The minimum Gasteiger partial charge on any atom is -0.454 e. The first-order valence-corrected chi connectivity index (χ1v) is 9.91. The van der Waals surface area contributed by atoms with E-state index in [1.165, 1.54) is 24.3 Å². The number of hydrogen-bond donors (Lipinski definition) is 2. The first-order valence-electron chi connectivity index (χ1n) is 9.03. The van der Waals surface area contributed by atoms with Crippen molar-refractivity contribution in [1.82, 2.24) is 0 Å². The fourth-order valence-electron chi connectivity index (χ4n) is 2.64. The summed E-state index contributed by atoms with van der Waals surface area (Å²) in [6, 6.07) is 13.0. The molecule has 8 nitrogen and oxygen atoms in total. The zero-order valence-corrected chi connectivity index (χ0v) is 16.9. The average molecular weight is 425 g/mol. The summed E-state index contributed by atoms with van der Waals surface area (Å²) in [5.74, 6) is -1.74. The van der Waals surface area contributed by atoms with Crippen molar-refractivity contribution in [1.29, 1.82) is 0 Å². The Balaban J connectivity index is 1.49. The number of amides is 2. The molecule has 0 fully saturated rings. The summed E-state index contributed by atoms with van der Waals surface area (Å²) >= 11 is 1.05. The number of anilines is 1. The topological polar surface area (TPSA) is 128 Å². The maximum Gasteiger partial charge on any atom is 0.338 e. The Morgan fingerprint density at radius 2 is 1.70 bits per heavy atom. The van der Waals surface area contributed by atoms with Crippen LogP contribution in [0.15, 0.2) is 53.5 Å². The standard InChI is InChI=1S/C21H19N3O5S/c1-12-2-4-13(5-3-12)16(25)11-29-20(28)14-6-8-15(9-7-14)23-18(26)10-17-19(27)24-21(22)30-17/h2-9,17H,10-11H2,1H3,(H,23,26)(H2,22,24,27)/t17-/m1/s1. The summed E-state index contributed by atoms with van der Waals surface area (Å²) in [4.78, 5) is 51.4. The fraction of sp³-hybridized carbons (Fsp3) is 0.190. The highest BCUT2D eigenvalue weighted by Crippen LogP contribution is 2.23. The van der Waals surface area contributed by atoms with Crippen molar-refractivity contribution >= 4 is 46.2 Å². The van der Waals surface area contributed by atoms with E-state index in [0.29, 0.717) is 11.3 Å². The van der Waals surface area contributed by atoms with E-state index in [0.717, 1.165) is 17.3 Å². The number of hydrogen-bond acceptors (Lipinski definition) is 7. The van der Waals surface area contributed by atoms with E-state index in [-0.39, 0.29) is 35.4 Å². The lowest BCUT2D eigenvalue weighted by atomic mass is 10.1. The molecule has 0 bridgehead atoms. The highest BCUT2D eigenvalue weighted by Gasteiger charge is 2.29. The van der Waals surface area contributed by atoms with Gasteiger partial charge in [0.05, 0.1) is 5.56 Å². The smallest absolute Gasteiger partial charge is 0.338 e. The number of amidine groups is 1. The number of nitrogens with one attached hydrogen (secondary N) is 1. The van der Waals surface area contributed by atoms with Gasteiger partial charge in [-0.2, -0.15) is 4.99 Å². The van der Waals surface area contributed by atoms with E-state index in [1.54, 1.807) is 12.1 Å². The Morgan fingerprint density at radius 1 is 1.07 bits per heavy atom. The maximum atomic E-state index is 12.1. The molecular weight excluding hydrogens is 406 g/mol. The molecule has 0 spiro atoms. The second-order valence-corrected chi connectivity index (χ2v) is 7.81. The zero-order valence-electron chi connectivity index (χ0n) is 16.1. The number of aliphatic imine (C=N–C) groups is 1. The van der Waals surface area contributed by atoms with Gasteiger partial charge in [-0.15, -0.1) is 0 Å². The lowest BCUT2D eigenvalue weighted by molar-refractivity contribution is -0.121. The number of esters is 1. The van der Waals surface area contributed by atoms with Crippen molar-refractivity contribution in [3.63, 3.8) is 0 Å². The van der Waals surface area contributed by atoms with E-state index < -0.39 is 17.1 Å². The largest absolute Gasteiger partial charge is 0.454 e. The van der Waals surface area contributed by atoms with Crippen molar-refractivity contribution in [3.8, 4) is 0 Å². The molecule has 2 aromatic rings. The predicted octanol–water partition coefficient (Wildman–Crippen LogP) is 2.32. The van der Waals surface area contributed by atoms with Crippen molar-refractivity contribution < 1.29 is 23.9 Å². The molecule has 1 heterocycles. The molecule has 0 saturated carbocycles. The van der Waals surface area contributed by atoms with Crippen LogP contribution in [0.25, 0.3) is 0 Å². The number of thioether (sulfide) groups is 1. The van der Waals surface area contributed by atoms with Gasteiger partial charge in [0.1, 0.15) is 5.25 Å². The van der Waals surface area contributed by atoms with E-state index in [9.17, 15) is 19.2 Å². The van der Waals surface area contributed by atoms with Crippen LogP contribution < -0.4 is 11.1 Å². The first-order chi connectivity index (χ1) is 14.3. The Hall–Kier alpha value is -3.46. The third kappa shape index (κ3) is 5.54. The molecule has 0 unspecified atom stereocenters. The van der Waals surface area contributed by atoms with Crippen LogP contribution in [0.4, 0.5) is 5.69 Å². The number of rotatable bonds is 7. The molecule has 1 aliphatic heterocycles. The number of carbonyl (C=O) groups excluding carboxylic acids is 4. The number of nitrogens with zero attached hydrogens (tertiary/aromatic N) is 1. The molecule has 0 aromatic heterocycles. The van der Waals surface area contributed by atoms with Gasteiger partial charge in [0.25, 0.3) is 5.91 Å². The lowest BCUT2D eigenvalue weighted by Crippen LogP contribution is -2.21. The van der Waals surface area contributed by atoms with Crippen LogP contribution in [-0.4, -0.2) is 40.6 Å². The Morgan fingerprint density at radius 3 is 2.30 bits per heavy atom. The van der Waals surface area contributed by atoms with Gasteiger partial charge in [-0.1, -0.05) is 41.6 Å². The van der Waals surface area contributed by atoms with Crippen LogP contribution >= 0.6 is 11.8 Å². The van der Waals surface area contributed by atoms with Crippen LogP contribution in [0.1, 0.15) is 32.7 Å². The van der Waals surface area contributed by atoms with Gasteiger partial charge in [0, 0.05) is 17.7 Å².